The summed E-state index contributed by atoms with van der Waals surface area (Å²) < 4.78 is 11.7. The Balaban J connectivity index is 1.34. The van der Waals surface area contributed by atoms with Gasteiger partial charge in [0.1, 0.15) is 4.99 Å². The fourth-order valence-corrected chi connectivity index (χ4v) is 5.09. The Morgan fingerprint density at radius 2 is 1.73 bits per heavy atom. The maximum Gasteiger partial charge on any atom is 0.262 e. The summed E-state index contributed by atoms with van der Waals surface area (Å²) in [5.74, 6) is 1.60. The summed E-state index contributed by atoms with van der Waals surface area (Å²) >= 11 is 5.86. The lowest BCUT2D eigenvalue weighted by molar-refractivity contribution is -0.118. The van der Waals surface area contributed by atoms with Gasteiger partial charge in [-0.1, -0.05) is 60.2 Å². The first-order valence-electron chi connectivity index (χ1n) is 13.0. The molecule has 0 radical (unpaired) electrons. The van der Waals surface area contributed by atoms with Gasteiger partial charge in [-0.2, -0.15) is 0 Å². The number of likely N-dealkylation sites (tertiary alicyclic amines) is 1. The van der Waals surface area contributed by atoms with Gasteiger partial charge in [-0.25, -0.2) is 0 Å². The van der Waals surface area contributed by atoms with Crippen molar-refractivity contribution in [1.82, 2.24) is 4.90 Å². The predicted molar refractivity (Wildman–Crippen MR) is 154 cm³/mol. The molecule has 3 aromatic carbocycles. The molecule has 1 amide bonds. The minimum absolute atomic E-state index is 0.105. The van der Waals surface area contributed by atoms with Gasteiger partial charge in [0, 0.05) is 24.3 Å². The number of hydrogen-bond acceptors (Lipinski definition) is 4. The summed E-state index contributed by atoms with van der Waals surface area (Å²) in [7, 11) is 0. The van der Waals surface area contributed by atoms with E-state index < -0.39 is 0 Å². The number of thiocarbonyl (C=S) groups is 1. The van der Waals surface area contributed by atoms with Crippen molar-refractivity contribution in [2.45, 2.75) is 40.0 Å². The van der Waals surface area contributed by atoms with Crippen LogP contribution in [0.25, 0.3) is 0 Å². The summed E-state index contributed by atoms with van der Waals surface area (Å²) in [5, 5.41) is 2.92. The molecule has 4 rings (SSSR count). The van der Waals surface area contributed by atoms with Crippen molar-refractivity contribution < 1.29 is 14.3 Å². The number of benzene rings is 3. The number of anilines is 1. The van der Waals surface area contributed by atoms with Crippen molar-refractivity contribution >= 4 is 28.8 Å². The molecule has 0 spiro atoms. The Labute approximate surface area is 225 Å². The van der Waals surface area contributed by atoms with Crippen molar-refractivity contribution in [2.75, 3.05) is 31.6 Å². The van der Waals surface area contributed by atoms with Gasteiger partial charge in [0.25, 0.3) is 5.91 Å². The van der Waals surface area contributed by atoms with E-state index in [2.05, 4.69) is 40.5 Å². The SMILES string of the molecule is CCOc1cc(C(=S)N2CCC(Cc3ccccc3)CC2)ccc1OCC(=O)Nc1ccc(C)cc1C. The second-order valence-corrected chi connectivity index (χ2v) is 10.1. The third-order valence-corrected chi connectivity index (χ3v) is 7.27. The molecule has 1 fully saturated rings. The average molecular weight is 517 g/mol. The number of rotatable bonds is 9. The zero-order valence-corrected chi connectivity index (χ0v) is 22.8. The molecule has 0 bridgehead atoms. The highest BCUT2D eigenvalue weighted by atomic mass is 32.1. The first-order valence-corrected chi connectivity index (χ1v) is 13.4. The van der Waals surface area contributed by atoms with Crippen LogP contribution in [0.4, 0.5) is 5.69 Å². The molecular weight excluding hydrogens is 480 g/mol. The number of ether oxygens (including phenoxy) is 2. The molecule has 6 heteroatoms. The van der Waals surface area contributed by atoms with Gasteiger partial charge in [0.05, 0.1) is 6.61 Å². The quantitative estimate of drug-likeness (QED) is 0.336. The number of carbonyl (C=O) groups excluding carboxylic acids is 1. The van der Waals surface area contributed by atoms with Crippen LogP contribution in [0.3, 0.4) is 0 Å². The fraction of sp³-hybridized carbons (Fsp3) is 0.355. The fourth-order valence-electron chi connectivity index (χ4n) is 4.78. The summed E-state index contributed by atoms with van der Waals surface area (Å²) in [6.45, 7) is 8.23. The normalized spacial score (nSPS) is 13.8. The molecule has 1 aliphatic heterocycles. The van der Waals surface area contributed by atoms with Gasteiger partial charge in [0.15, 0.2) is 18.1 Å². The second kappa shape index (κ2) is 12.7. The van der Waals surface area contributed by atoms with E-state index in [1.54, 1.807) is 0 Å². The molecule has 3 aromatic rings. The first-order chi connectivity index (χ1) is 17.9. The topological polar surface area (TPSA) is 50.8 Å². The Morgan fingerprint density at radius 3 is 2.43 bits per heavy atom. The van der Waals surface area contributed by atoms with E-state index in [-0.39, 0.29) is 12.5 Å². The molecule has 0 saturated carbocycles. The minimum Gasteiger partial charge on any atom is -0.490 e. The van der Waals surface area contributed by atoms with Gasteiger partial charge < -0.3 is 19.7 Å². The molecule has 0 unspecified atom stereocenters. The lowest BCUT2D eigenvalue weighted by atomic mass is 9.90. The lowest BCUT2D eigenvalue weighted by Crippen LogP contribution is -2.38. The van der Waals surface area contributed by atoms with Crippen molar-refractivity contribution in [2.24, 2.45) is 5.92 Å². The third-order valence-electron chi connectivity index (χ3n) is 6.77. The van der Waals surface area contributed by atoms with Crippen molar-refractivity contribution in [3.63, 3.8) is 0 Å². The van der Waals surface area contributed by atoms with Crippen LogP contribution in [0.1, 0.15) is 42.0 Å². The maximum atomic E-state index is 12.5. The largest absolute Gasteiger partial charge is 0.490 e. The van der Waals surface area contributed by atoms with Crippen LogP contribution >= 0.6 is 12.2 Å². The number of amides is 1. The number of carbonyl (C=O) groups is 1. The molecule has 0 aromatic heterocycles. The summed E-state index contributed by atoms with van der Waals surface area (Å²) in [5.41, 5.74) is 5.31. The summed E-state index contributed by atoms with van der Waals surface area (Å²) in [6.07, 6.45) is 3.38. The Kier molecular flexibility index (Phi) is 9.18. The van der Waals surface area contributed by atoms with E-state index in [0.717, 1.165) is 59.7 Å². The van der Waals surface area contributed by atoms with Gasteiger partial charge >= 0.3 is 0 Å². The van der Waals surface area contributed by atoms with Gasteiger partial charge in [-0.3, -0.25) is 4.79 Å². The van der Waals surface area contributed by atoms with Crippen LogP contribution in [-0.2, 0) is 11.2 Å². The monoisotopic (exact) mass is 516 g/mol. The highest BCUT2D eigenvalue weighted by Crippen LogP contribution is 2.30. The molecule has 194 valence electrons. The molecule has 0 atom stereocenters. The van der Waals surface area contributed by atoms with Gasteiger partial charge in [-0.15, -0.1) is 0 Å². The van der Waals surface area contributed by atoms with Crippen molar-refractivity contribution in [3.8, 4) is 11.5 Å². The molecule has 5 nitrogen and oxygen atoms in total. The van der Waals surface area contributed by atoms with Crippen molar-refractivity contribution in [1.29, 1.82) is 0 Å². The molecule has 1 saturated heterocycles. The molecule has 1 aliphatic rings. The zero-order chi connectivity index (χ0) is 26.2. The minimum atomic E-state index is -0.215. The van der Waals surface area contributed by atoms with E-state index in [9.17, 15) is 4.79 Å². The molecule has 1 N–H and O–H groups in total. The molecular formula is C31H36N2O3S. The number of aryl methyl sites for hydroxylation is 2. The van der Waals surface area contributed by atoms with Crippen LogP contribution < -0.4 is 14.8 Å². The van der Waals surface area contributed by atoms with Crippen LogP contribution in [0.5, 0.6) is 11.5 Å². The second-order valence-electron chi connectivity index (χ2n) is 9.68. The van der Waals surface area contributed by atoms with E-state index >= 15 is 0 Å². The highest BCUT2D eigenvalue weighted by molar-refractivity contribution is 7.80. The van der Waals surface area contributed by atoms with Crippen LogP contribution in [0, 0.1) is 19.8 Å². The Hall–Kier alpha value is -3.38. The van der Waals surface area contributed by atoms with Gasteiger partial charge in [-0.05, 0) is 81.3 Å². The lowest BCUT2D eigenvalue weighted by Gasteiger charge is -2.34. The van der Waals surface area contributed by atoms with E-state index in [1.807, 2.05) is 57.2 Å². The Bertz CT molecular complexity index is 1220. The first kappa shape index (κ1) is 26.7. The van der Waals surface area contributed by atoms with E-state index in [4.69, 9.17) is 21.7 Å². The standard InChI is InChI=1S/C31H36N2O3S/c1-4-35-29-20-26(31(37)33-16-14-25(15-17-33)19-24-8-6-5-7-9-24)11-13-28(29)36-21-30(34)32-27-12-10-22(2)18-23(27)3/h5-13,18,20,25H,4,14-17,19,21H2,1-3H3,(H,32,34). The molecule has 1 heterocycles. The van der Waals surface area contributed by atoms with Crippen LogP contribution in [0.15, 0.2) is 66.7 Å². The average Bonchev–Trinajstić information content (AvgIpc) is 2.90. The molecule has 0 aliphatic carbocycles. The summed E-state index contributed by atoms with van der Waals surface area (Å²) in [4.78, 5) is 15.6. The Morgan fingerprint density at radius 1 is 0.973 bits per heavy atom. The summed E-state index contributed by atoms with van der Waals surface area (Å²) in [6, 6.07) is 22.4. The number of nitrogens with zero attached hydrogens (tertiary/aromatic N) is 1. The van der Waals surface area contributed by atoms with E-state index in [1.165, 1.54) is 5.56 Å². The predicted octanol–water partition coefficient (Wildman–Crippen LogP) is 6.35. The third kappa shape index (κ3) is 7.32. The number of piperidine rings is 1. The maximum absolute atomic E-state index is 12.5. The highest BCUT2D eigenvalue weighted by Gasteiger charge is 2.22. The van der Waals surface area contributed by atoms with Crippen LogP contribution in [-0.4, -0.2) is 42.1 Å². The number of hydrogen-bond donors (Lipinski definition) is 1. The van der Waals surface area contributed by atoms with Crippen molar-refractivity contribution in [3.05, 3.63) is 89.0 Å². The zero-order valence-electron chi connectivity index (χ0n) is 22.0. The smallest absolute Gasteiger partial charge is 0.262 e. The van der Waals surface area contributed by atoms with E-state index in [0.29, 0.717) is 24.0 Å². The van der Waals surface area contributed by atoms with Gasteiger partial charge in [0.2, 0.25) is 0 Å². The van der Waals surface area contributed by atoms with Crippen LogP contribution in [0.2, 0.25) is 0 Å². The number of nitrogens with one attached hydrogen (secondary N) is 1. The molecule has 37 heavy (non-hydrogen) atoms.